The Bertz CT molecular complexity index is 719. The summed E-state index contributed by atoms with van der Waals surface area (Å²) in [6.45, 7) is 2.83. The first-order valence-corrected chi connectivity index (χ1v) is 10.2. The van der Waals surface area contributed by atoms with Gasteiger partial charge in [-0.25, -0.2) is 8.42 Å². The number of ether oxygens (including phenoxy) is 1. The van der Waals surface area contributed by atoms with Crippen molar-refractivity contribution >= 4 is 39.1 Å². The third kappa shape index (κ3) is 5.08. The molecule has 0 aromatic heterocycles. The van der Waals surface area contributed by atoms with E-state index in [4.69, 9.17) is 27.9 Å². The molecule has 1 fully saturated rings. The van der Waals surface area contributed by atoms with Gasteiger partial charge in [-0.15, -0.1) is 0 Å². The number of nitrogens with zero attached hydrogens (tertiary/aromatic N) is 1. The van der Waals surface area contributed by atoms with Gasteiger partial charge in [0.15, 0.2) is 0 Å². The molecule has 2 rings (SSSR count). The molecule has 1 aliphatic rings. The number of carbonyl (C=O) groups excluding carboxylic acids is 1. The summed E-state index contributed by atoms with van der Waals surface area (Å²) in [6.07, 6.45) is 0.923. The molecule has 0 bridgehead atoms. The van der Waals surface area contributed by atoms with Crippen molar-refractivity contribution in [2.75, 3.05) is 26.8 Å². The Morgan fingerprint density at radius 1 is 1.36 bits per heavy atom. The zero-order chi connectivity index (χ0) is 18.6. The van der Waals surface area contributed by atoms with Crippen LogP contribution < -0.4 is 5.32 Å². The van der Waals surface area contributed by atoms with Crippen molar-refractivity contribution < 1.29 is 17.9 Å². The Kier molecular flexibility index (Phi) is 7.10. The van der Waals surface area contributed by atoms with Crippen LogP contribution in [0.4, 0.5) is 0 Å². The van der Waals surface area contributed by atoms with Crippen molar-refractivity contribution in [2.24, 2.45) is 5.92 Å². The molecule has 6 nitrogen and oxygen atoms in total. The summed E-state index contributed by atoms with van der Waals surface area (Å²) in [5.74, 6) is -0.275. The summed E-state index contributed by atoms with van der Waals surface area (Å²) in [5, 5.41) is 3.33. The summed E-state index contributed by atoms with van der Waals surface area (Å²) in [6, 6.07) is 4.28. The highest BCUT2D eigenvalue weighted by Gasteiger charge is 2.33. The molecule has 1 amide bonds. The highest BCUT2D eigenvalue weighted by Crippen LogP contribution is 2.30. The van der Waals surface area contributed by atoms with E-state index >= 15 is 0 Å². The van der Waals surface area contributed by atoms with Gasteiger partial charge in [-0.1, -0.05) is 23.2 Å². The number of methoxy groups -OCH3 is 1. The molecule has 0 saturated carbocycles. The fourth-order valence-electron chi connectivity index (χ4n) is 2.82. The number of carbonyl (C=O) groups is 1. The quantitative estimate of drug-likeness (QED) is 0.784. The first kappa shape index (κ1) is 20.5. The van der Waals surface area contributed by atoms with Crippen LogP contribution in [-0.2, 0) is 19.6 Å². The Balaban J connectivity index is 2.01. The Morgan fingerprint density at radius 3 is 2.60 bits per heavy atom. The van der Waals surface area contributed by atoms with Gasteiger partial charge in [0.1, 0.15) is 4.90 Å². The van der Waals surface area contributed by atoms with E-state index in [2.05, 4.69) is 5.32 Å². The monoisotopic (exact) mass is 408 g/mol. The number of rotatable bonds is 6. The summed E-state index contributed by atoms with van der Waals surface area (Å²) >= 11 is 11.9. The van der Waals surface area contributed by atoms with Gasteiger partial charge in [-0.3, -0.25) is 4.79 Å². The van der Waals surface area contributed by atoms with Crippen molar-refractivity contribution in [3.8, 4) is 0 Å². The maximum Gasteiger partial charge on any atom is 0.244 e. The first-order valence-electron chi connectivity index (χ1n) is 8.00. The van der Waals surface area contributed by atoms with E-state index in [1.165, 1.54) is 16.4 Å². The first-order chi connectivity index (χ1) is 11.8. The molecule has 1 heterocycles. The molecule has 140 valence electrons. The molecule has 1 aromatic carbocycles. The molecular formula is C16H22Cl2N2O4S. The maximum absolute atomic E-state index is 12.8. The van der Waals surface area contributed by atoms with Crippen LogP contribution in [0, 0.1) is 5.92 Å². The number of halogens is 2. The molecule has 1 N–H and O–H groups in total. The third-order valence-corrected chi connectivity index (χ3v) is 6.76. The fraction of sp³-hybridized carbons (Fsp3) is 0.562. The second kappa shape index (κ2) is 8.68. The van der Waals surface area contributed by atoms with E-state index in [-0.39, 0.29) is 40.9 Å². The SMILES string of the molecule is COCC(C)NC(=O)C1CCN(S(=O)(=O)c2cc(Cl)ccc2Cl)CC1. The second-order valence-electron chi connectivity index (χ2n) is 6.12. The topological polar surface area (TPSA) is 75.7 Å². The predicted molar refractivity (Wildman–Crippen MR) is 97.4 cm³/mol. The van der Waals surface area contributed by atoms with Gasteiger partial charge in [0.05, 0.1) is 11.6 Å². The number of sulfonamides is 1. The van der Waals surface area contributed by atoms with E-state index in [1.54, 1.807) is 13.2 Å². The largest absolute Gasteiger partial charge is 0.383 e. The lowest BCUT2D eigenvalue weighted by atomic mass is 9.97. The van der Waals surface area contributed by atoms with Gasteiger partial charge >= 0.3 is 0 Å². The highest BCUT2D eigenvalue weighted by molar-refractivity contribution is 7.89. The van der Waals surface area contributed by atoms with Crippen LogP contribution in [0.3, 0.4) is 0 Å². The van der Waals surface area contributed by atoms with Crippen molar-refractivity contribution in [3.63, 3.8) is 0 Å². The minimum Gasteiger partial charge on any atom is -0.383 e. The molecule has 1 aliphatic heterocycles. The standard InChI is InChI=1S/C16H22Cl2N2O4S/c1-11(10-24-2)19-16(21)12-5-7-20(8-6-12)25(22,23)15-9-13(17)3-4-14(15)18/h3-4,9,11-12H,5-8,10H2,1-2H3,(H,19,21). The van der Waals surface area contributed by atoms with Crippen LogP contribution in [0.1, 0.15) is 19.8 Å². The Hall–Kier alpha value is -0.860. The smallest absolute Gasteiger partial charge is 0.244 e. The Labute approximate surface area is 158 Å². The van der Waals surface area contributed by atoms with Crippen LogP contribution >= 0.6 is 23.2 Å². The minimum atomic E-state index is -3.73. The zero-order valence-electron chi connectivity index (χ0n) is 14.2. The van der Waals surface area contributed by atoms with Crippen LogP contribution in [0.2, 0.25) is 10.0 Å². The molecule has 9 heteroatoms. The normalized spacial score (nSPS) is 18.1. The van der Waals surface area contributed by atoms with Crippen LogP contribution in [0.15, 0.2) is 23.1 Å². The maximum atomic E-state index is 12.8. The molecule has 1 saturated heterocycles. The van der Waals surface area contributed by atoms with Gasteiger partial charge in [0.25, 0.3) is 0 Å². The van der Waals surface area contributed by atoms with Crippen LogP contribution in [-0.4, -0.2) is 51.5 Å². The fourth-order valence-corrected chi connectivity index (χ4v) is 5.03. The third-order valence-electron chi connectivity index (χ3n) is 4.14. The zero-order valence-corrected chi connectivity index (χ0v) is 16.5. The lowest BCUT2D eigenvalue weighted by molar-refractivity contribution is -0.127. The predicted octanol–water partition coefficient (Wildman–Crippen LogP) is 2.55. The second-order valence-corrected chi connectivity index (χ2v) is 8.87. The summed E-state index contributed by atoms with van der Waals surface area (Å²) in [4.78, 5) is 12.2. The van der Waals surface area contributed by atoms with Crippen molar-refractivity contribution in [3.05, 3.63) is 28.2 Å². The summed E-state index contributed by atoms with van der Waals surface area (Å²) in [5.41, 5.74) is 0. The van der Waals surface area contributed by atoms with E-state index in [0.717, 1.165) is 0 Å². The number of piperidine rings is 1. The molecule has 1 aromatic rings. The number of hydrogen-bond acceptors (Lipinski definition) is 4. The molecule has 0 radical (unpaired) electrons. The highest BCUT2D eigenvalue weighted by atomic mass is 35.5. The van der Waals surface area contributed by atoms with Crippen molar-refractivity contribution in [1.82, 2.24) is 9.62 Å². The molecule has 25 heavy (non-hydrogen) atoms. The average Bonchev–Trinajstić information content (AvgIpc) is 2.57. The number of hydrogen-bond donors (Lipinski definition) is 1. The van der Waals surface area contributed by atoms with E-state index in [1.807, 2.05) is 6.92 Å². The van der Waals surface area contributed by atoms with Crippen molar-refractivity contribution in [1.29, 1.82) is 0 Å². The lowest BCUT2D eigenvalue weighted by Gasteiger charge is -2.31. The van der Waals surface area contributed by atoms with Gasteiger partial charge in [0, 0.05) is 37.2 Å². The van der Waals surface area contributed by atoms with E-state index in [9.17, 15) is 13.2 Å². The number of benzene rings is 1. The minimum absolute atomic E-state index is 0.00159. The molecule has 1 atom stereocenters. The molecular weight excluding hydrogens is 387 g/mol. The molecule has 0 aliphatic carbocycles. The van der Waals surface area contributed by atoms with Gasteiger partial charge in [0.2, 0.25) is 15.9 Å². The van der Waals surface area contributed by atoms with Gasteiger partial charge in [-0.05, 0) is 38.0 Å². The van der Waals surface area contributed by atoms with Crippen molar-refractivity contribution in [2.45, 2.75) is 30.7 Å². The molecule has 0 spiro atoms. The Morgan fingerprint density at radius 2 is 2.00 bits per heavy atom. The van der Waals surface area contributed by atoms with E-state index in [0.29, 0.717) is 24.5 Å². The van der Waals surface area contributed by atoms with Crippen LogP contribution in [0.5, 0.6) is 0 Å². The van der Waals surface area contributed by atoms with E-state index < -0.39 is 10.0 Å². The number of amides is 1. The number of nitrogens with one attached hydrogen (secondary N) is 1. The average molecular weight is 409 g/mol. The summed E-state index contributed by atoms with van der Waals surface area (Å²) in [7, 11) is -2.15. The van der Waals surface area contributed by atoms with Gasteiger partial charge < -0.3 is 10.1 Å². The van der Waals surface area contributed by atoms with Crippen LogP contribution in [0.25, 0.3) is 0 Å². The molecule has 1 unspecified atom stereocenters. The summed E-state index contributed by atoms with van der Waals surface area (Å²) < 4.78 is 31.9. The lowest BCUT2D eigenvalue weighted by Crippen LogP contribution is -2.45. The van der Waals surface area contributed by atoms with Gasteiger partial charge in [-0.2, -0.15) is 4.31 Å².